The molecule has 94 valence electrons. The molecule has 0 aromatic carbocycles. The number of ether oxygens (including phenoxy) is 1. The first kappa shape index (κ1) is 11.8. The zero-order valence-corrected chi connectivity index (χ0v) is 9.50. The van der Waals surface area contributed by atoms with Crippen LogP contribution in [0.4, 0.5) is 5.88 Å². The van der Waals surface area contributed by atoms with Gasteiger partial charge in [-0.1, -0.05) is 0 Å². The van der Waals surface area contributed by atoms with Crippen molar-refractivity contribution < 1.29 is 18.5 Å². The summed E-state index contributed by atoms with van der Waals surface area (Å²) in [6.07, 6.45) is 0. The number of aromatic nitrogens is 1. The molecule has 0 saturated heterocycles. The van der Waals surface area contributed by atoms with Gasteiger partial charge in [-0.25, -0.2) is 0 Å². The van der Waals surface area contributed by atoms with Crippen LogP contribution in [-0.4, -0.2) is 17.0 Å². The quantitative estimate of drug-likeness (QED) is 0.601. The maximum atomic E-state index is 11.5. The Morgan fingerprint density at radius 3 is 2.61 bits per heavy atom. The van der Waals surface area contributed by atoms with E-state index >= 15 is 0 Å². The van der Waals surface area contributed by atoms with Crippen LogP contribution < -0.4 is 10.3 Å². The van der Waals surface area contributed by atoms with Gasteiger partial charge >= 0.3 is 11.4 Å². The molecule has 2 heterocycles. The van der Waals surface area contributed by atoms with Crippen molar-refractivity contribution >= 4 is 5.88 Å². The lowest BCUT2D eigenvalue weighted by atomic mass is 10.4. The lowest BCUT2D eigenvalue weighted by Gasteiger charge is -2.02. The molecule has 0 aliphatic carbocycles. The highest BCUT2D eigenvalue weighted by Gasteiger charge is 2.18. The average molecular weight is 252 g/mol. The van der Waals surface area contributed by atoms with E-state index in [-0.39, 0.29) is 23.2 Å². The maximum absolute atomic E-state index is 11.5. The number of nitro groups is 1. The van der Waals surface area contributed by atoms with Crippen molar-refractivity contribution in [2.45, 2.75) is 6.92 Å². The van der Waals surface area contributed by atoms with Crippen LogP contribution in [0.3, 0.4) is 0 Å². The van der Waals surface area contributed by atoms with Gasteiger partial charge in [0.25, 0.3) is 5.89 Å². The van der Waals surface area contributed by atoms with Gasteiger partial charge < -0.3 is 13.6 Å². The molecule has 0 amide bonds. The van der Waals surface area contributed by atoms with Crippen molar-refractivity contribution in [3.8, 4) is 17.4 Å². The molecule has 2 aromatic rings. The number of furan rings is 1. The summed E-state index contributed by atoms with van der Waals surface area (Å²) in [7, 11) is 1.32. The van der Waals surface area contributed by atoms with E-state index in [9.17, 15) is 14.9 Å². The van der Waals surface area contributed by atoms with Crippen molar-refractivity contribution in [2.75, 3.05) is 7.11 Å². The lowest BCUT2D eigenvalue weighted by molar-refractivity contribution is -0.401. The van der Waals surface area contributed by atoms with Crippen LogP contribution in [0.25, 0.3) is 11.7 Å². The van der Waals surface area contributed by atoms with Gasteiger partial charge in [-0.2, -0.15) is 4.98 Å². The van der Waals surface area contributed by atoms with Gasteiger partial charge in [-0.3, -0.25) is 14.9 Å². The molecule has 0 aliphatic heterocycles. The van der Waals surface area contributed by atoms with Gasteiger partial charge in [0.2, 0.25) is 5.75 Å². The highest BCUT2D eigenvalue weighted by atomic mass is 16.6. The lowest BCUT2D eigenvalue weighted by Crippen LogP contribution is -2.11. The molecular weight excluding hydrogens is 244 g/mol. The average Bonchev–Trinajstić information content (AvgIpc) is 2.77. The minimum Gasteiger partial charge on any atom is -0.489 e. The predicted octanol–water partition coefficient (Wildman–Crippen LogP) is 1.52. The molecule has 8 nitrogen and oxygen atoms in total. The summed E-state index contributed by atoms with van der Waals surface area (Å²) in [5.74, 6) is -0.384. The van der Waals surface area contributed by atoms with E-state index in [4.69, 9.17) is 13.6 Å². The van der Waals surface area contributed by atoms with Crippen LogP contribution >= 0.6 is 0 Å². The summed E-state index contributed by atoms with van der Waals surface area (Å²) in [5.41, 5.74) is -0.629. The third-order valence-corrected chi connectivity index (χ3v) is 2.15. The van der Waals surface area contributed by atoms with E-state index in [0.717, 1.165) is 6.07 Å². The van der Waals surface area contributed by atoms with E-state index < -0.39 is 16.4 Å². The first-order valence-electron chi connectivity index (χ1n) is 4.83. The highest BCUT2D eigenvalue weighted by molar-refractivity contribution is 5.47. The Morgan fingerprint density at radius 1 is 1.39 bits per heavy atom. The fourth-order valence-corrected chi connectivity index (χ4v) is 1.38. The van der Waals surface area contributed by atoms with Gasteiger partial charge in [0.1, 0.15) is 4.92 Å². The second-order valence-electron chi connectivity index (χ2n) is 3.31. The maximum Gasteiger partial charge on any atom is 0.433 e. The van der Waals surface area contributed by atoms with Gasteiger partial charge in [-0.15, -0.1) is 0 Å². The molecular formula is C10H8N2O6. The smallest absolute Gasteiger partial charge is 0.433 e. The van der Waals surface area contributed by atoms with Crippen molar-refractivity contribution in [3.05, 3.63) is 38.4 Å². The summed E-state index contributed by atoms with van der Waals surface area (Å²) in [4.78, 5) is 24.9. The molecule has 0 unspecified atom stereocenters. The number of hydrogen-bond donors (Lipinski definition) is 0. The van der Waals surface area contributed by atoms with Gasteiger partial charge in [0.05, 0.1) is 13.2 Å². The second kappa shape index (κ2) is 4.32. The molecule has 2 aromatic heterocycles. The first-order chi connectivity index (χ1) is 8.52. The number of aryl methyl sites for hydroxylation is 1. The van der Waals surface area contributed by atoms with E-state index in [1.54, 1.807) is 0 Å². The Morgan fingerprint density at radius 2 is 2.11 bits per heavy atom. The zero-order valence-electron chi connectivity index (χ0n) is 9.50. The van der Waals surface area contributed by atoms with Crippen LogP contribution in [0.2, 0.25) is 0 Å². The molecule has 0 aliphatic rings. The molecule has 0 radical (unpaired) electrons. The summed E-state index contributed by atoms with van der Waals surface area (Å²) in [6.45, 7) is 1.52. The van der Waals surface area contributed by atoms with E-state index in [2.05, 4.69) is 4.98 Å². The minimum atomic E-state index is -0.696. The molecule has 0 saturated carbocycles. The molecule has 0 fully saturated rings. The fourth-order valence-electron chi connectivity index (χ4n) is 1.38. The van der Waals surface area contributed by atoms with Crippen LogP contribution in [0.1, 0.15) is 5.76 Å². The fraction of sp³-hybridized carbons (Fsp3) is 0.200. The van der Waals surface area contributed by atoms with E-state index in [0.29, 0.717) is 0 Å². The molecule has 18 heavy (non-hydrogen) atoms. The van der Waals surface area contributed by atoms with Crippen molar-refractivity contribution in [1.82, 2.24) is 4.98 Å². The summed E-state index contributed by atoms with van der Waals surface area (Å²) < 4.78 is 14.9. The molecule has 0 N–H and O–H groups in total. The predicted molar refractivity (Wildman–Crippen MR) is 58.4 cm³/mol. The standard InChI is InChI=1S/C10H8N2O6/c1-5-8(16-2)9(13)11-10(17-5)6-3-4-7(18-6)12(14)15/h3-4H,1-2H3. The normalized spacial score (nSPS) is 10.3. The Labute approximate surface area is 100.0 Å². The summed E-state index contributed by atoms with van der Waals surface area (Å²) in [6, 6.07) is 2.45. The largest absolute Gasteiger partial charge is 0.489 e. The number of hydrogen-bond acceptors (Lipinski definition) is 7. The van der Waals surface area contributed by atoms with Crippen LogP contribution in [-0.2, 0) is 0 Å². The number of nitrogens with zero attached hydrogens (tertiary/aromatic N) is 2. The molecule has 8 heteroatoms. The van der Waals surface area contributed by atoms with Crippen molar-refractivity contribution in [3.63, 3.8) is 0 Å². The van der Waals surface area contributed by atoms with Gasteiger partial charge in [0, 0.05) is 0 Å². The van der Waals surface area contributed by atoms with E-state index in [1.807, 2.05) is 0 Å². The molecule has 0 atom stereocenters. The molecule has 2 rings (SSSR count). The Balaban J connectivity index is 2.51. The molecule has 0 spiro atoms. The topological polar surface area (TPSA) is 109 Å². The molecule has 0 bridgehead atoms. The number of methoxy groups -OCH3 is 1. The summed E-state index contributed by atoms with van der Waals surface area (Å²) >= 11 is 0. The Bertz CT molecular complexity index is 657. The number of rotatable bonds is 3. The second-order valence-corrected chi connectivity index (χ2v) is 3.31. The third-order valence-electron chi connectivity index (χ3n) is 2.15. The van der Waals surface area contributed by atoms with Crippen LogP contribution in [0.5, 0.6) is 5.75 Å². The van der Waals surface area contributed by atoms with Gasteiger partial charge in [0.15, 0.2) is 11.5 Å². The zero-order chi connectivity index (χ0) is 13.3. The highest BCUT2D eigenvalue weighted by Crippen LogP contribution is 2.25. The van der Waals surface area contributed by atoms with Crippen LogP contribution in [0.15, 0.2) is 25.8 Å². The van der Waals surface area contributed by atoms with Crippen molar-refractivity contribution in [1.29, 1.82) is 0 Å². The van der Waals surface area contributed by atoms with Gasteiger partial charge in [-0.05, 0) is 13.0 Å². The Kier molecular flexibility index (Phi) is 2.84. The van der Waals surface area contributed by atoms with E-state index in [1.165, 1.54) is 20.1 Å². The first-order valence-corrected chi connectivity index (χ1v) is 4.83. The van der Waals surface area contributed by atoms with Crippen LogP contribution in [0, 0.1) is 17.0 Å². The monoisotopic (exact) mass is 252 g/mol. The third kappa shape index (κ3) is 1.95. The van der Waals surface area contributed by atoms with Crippen molar-refractivity contribution in [2.24, 2.45) is 0 Å². The minimum absolute atomic E-state index is 0.00422. The Hall–Kier alpha value is -2.64. The summed E-state index contributed by atoms with van der Waals surface area (Å²) in [5, 5.41) is 10.5. The SMILES string of the molecule is COc1c(C)oc(-c2ccc([N+](=O)[O-])o2)nc1=O.